The number of carbonyl (C=O) groups is 1. The Balaban J connectivity index is 2.16. The third-order valence-electron chi connectivity index (χ3n) is 3.27. The number of nitrogens with one attached hydrogen (secondary N) is 1. The second-order valence-electron chi connectivity index (χ2n) is 4.83. The molecule has 0 saturated carbocycles. The maximum absolute atomic E-state index is 12.1. The minimum absolute atomic E-state index is 0.226. The Labute approximate surface area is 137 Å². The molecule has 2 aromatic rings. The lowest BCUT2D eigenvalue weighted by Gasteiger charge is -2.05. The Hall–Kier alpha value is -3.42. The van der Waals surface area contributed by atoms with Crippen molar-refractivity contribution in [2.75, 3.05) is 7.11 Å². The van der Waals surface area contributed by atoms with E-state index < -0.39 is 10.8 Å². The number of amides is 1. The average Bonchev–Trinajstić information content (AvgIpc) is 2.59. The van der Waals surface area contributed by atoms with Crippen LogP contribution in [-0.4, -0.2) is 28.8 Å². The number of hydrogen-bond acceptors (Lipinski definition) is 6. The van der Waals surface area contributed by atoms with Crippen LogP contribution in [0.25, 0.3) is 0 Å². The van der Waals surface area contributed by atoms with Crippen LogP contribution in [0.4, 0.5) is 5.69 Å². The van der Waals surface area contributed by atoms with Gasteiger partial charge < -0.3 is 9.84 Å². The monoisotopic (exact) mass is 329 g/mol. The van der Waals surface area contributed by atoms with Gasteiger partial charge in [-0.05, 0) is 42.8 Å². The van der Waals surface area contributed by atoms with Gasteiger partial charge in [-0.1, -0.05) is 0 Å². The third kappa shape index (κ3) is 3.86. The minimum atomic E-state index is -0.746. The molecular formula is C16H15N3O5. The number of hydrogen-bond donors (Lipinski definition) is 2. The fourth-order valence-electron chi connectivity index (χ4n) is 1.91. The van der Waals surface area contributed by atoms with E-state index in [2.05, 4.69) is 10.5 Å². The fourth-order valence-corrected chi connectivity index (χ4v) is 1.91. The van der Waals surface area contributed by atoms with Crippen molar-refractivity contribution in [2.24, 2.45) is 5.10 Å². The standard InChI is InChI=1S/C16H15N3O5/c1-10(11-3-6-13(24-2)7-4-11)17-18-16(21)14-9-12(19(22)23)5-8-15(14)20/h3-9,20H,1-2H3,(H,18,21)/b17-10-. The van der Waals surface area contributed by atoms with E-state index >= 15 is 0 Å². The fraction of sp³-hybridized carbons (Fsp3) is 0.125. The molecule has 0 spiro atoms. The Morgan fingerprint density at radius 2 is 1.92 bits per heavy atom. The number of non-ortho nitro benzene ring substituents is 1. The van der Waals surface area contributed by atoms with Gasteiger partial charge in [0, 0.05) is 12.1 Å². The summed E-state index contributed by atoms with van der Waals surface area (Å²) < 4.78 is 5.06. The first kappa shape index (κ1) is 16.9. The SMILES string of the molecule is COc1ccc(/C(C)=N\NC(=O)c2cc([N+](=O)[O-])ccc2O)cc1. The molecule has 2 rings (SSSR count). The summed E-state index contributed by atoms with van der Waals surface area (Å²) in [6.45, 7) is 1.69. The van der Waals surface area contributed by atoms with E-state index in [1.807, 2.05) is 0 Å². The van der Waals surface area contributed by atoms with E-state index in [0.29, 0.717) is 11.5 Å². The van der Waals surface area contributed by atoms with Crippen molar-refractivity contribution in [1.29, 1.82) is 0 Å². The first-order valence-corrected chi connectivity index (χ1v) is 6.89. The summed E-state index contributed by atoms with van der Waals surface area (Å²) in [7, 11) is 1.56. The highest BCUT2D eigenvalue weighted by Gasteiger charge is 2.16. The number of aromatic hydroxyl groups is 1. The van der Waals surface area contributed by atoms with Gasteiger partial charge in [-0.25, -0.2) is 5.43 Å². The number of nitro groups is 1. The van der Waals surface area contributed by atoms with Crippen molar-refractivity contribution < 1.29 is 19.6 Å². The summed E-state index contributed by atoms with van der Waals surface area (Å²) in [6.07, 6.45) is 0. The lowest BCUT2D eigenvalue weighted by molar-refractivity contribution is -0.384. The molecule has 0 aromatic heterocycles. The number of nitrogens with zero attached hydrogens (tertiary/aromatic N) is 2. The summed E-state index contributed by atoms with van der Waals surface area (Å²) in [5, 5.41) is 24.4. The van der Waals surface area contributed by atoms with Gasteiger partial charge in [0.25, 0.3) is 11.6 Å². The van der Waals surface area contributed by atoms with Crippen molar-refractivity contribution in [1.82, 2.24) is 5.43 Å². The third-order valence-corrected chi connectivity index (χ3v) is 3.27. The quantitative estimate of drug-likeness (QED) is 0.497. The average molecular weight is 329 g/mol. The van der Waals surface area contributed by atoms with Crippen LogP contribution in [0.1, 0.15) is 22.8 Å². The van der Waals surface area contributed by atoms with Gasteiger partial charge in [-0.3, -0.25) is 14.9 Å². The number of phenolic OH excluding ortho intramolecular Hbond substituents is 1. The van der Waals surface area contributed by atoms with Crippen LogP contribution >= 0.6 is 0 Å². The molecule has 8 nitrogen and oxygen atoms in total. The Morgan fingerprint density at radius 3 is 2.50 bits per heavy atom. The van der Waals surface area contributed by atoms with Gasteiger partial charge in [0.2, 0.25) is 0 Å². The molecule has 0 atom stereocenters. The first-order chi connectivity index (χ1) is 11.4. The second kappa shape index (κ2) is 7.23. The van der Waals surface area contributed by atoms with Gasteiger partial charge in [-0.2, -0.15) is 5.10 Å². The van der Waals surface area contributed by atoms with Crippen LogP contribution in [0, 0.1) is 10.1 Å². The predicted octanol–water partition coefficient (Wildman–Crippen LogP) is 2.46. The van der Waals surface area contributed by atoms with Crippen LogP contribution in [-0.2, 0) is 0 Å². The molecule has 124 valence electrons. The highest BCUT2D eigenvalue weighted by molar-refractivity contribution is 6.01. The van der Waals surface area contributed by atoms with E-state index in [1.165, 1.54) is 0 Å². The van der Waals surface area contributed by atoms with Crippen LogP contribution < -0.4 is 10.2 Å². The highest BCUT2D eigenvalue weighted by Crippen LogP contribution is 2.22. The van der Waals surface area contributed by atoms with Crippen molar-refractivity contribution in [3.63, 3.8) is 0 Å². The predicted molar refractivity (Wildman–Crippen MR) is 87.4 cm³/mol. The maximum atomic E-state index is 12.1. The number of ether oxygens (including phenoxy) is 1. The van der Waals surface area contributed by atoms with Crippen molar-refractivity contribution in [3.8, 4) is 11.5 Å². The van der Waals surface area contributed by atoms with Crippen LogP contribution in [0.5, 0.6) is 11.5 Å². The first-order valence-electron chi connectivity index (χ1n) is 6.89. The number of phenols is 1. The number of methoxy groups -OCH3 is 1. The molecule has 0 aliphatic carbocycles. The molecule has 0 unspecified atom stereocenters. The summed E-state index contributed by atoms with van der Waals surface area (Å²) in [4.78, 5) is 22.1. The number of benzene rings is 2. The van der Waals surface area contributed by atoms with Crippen LogP contribution in [0.15, 0.2) is 47.6 Å². The van der Waals surface area contributed by atoms with Gasteiger partial charge in [0.15, 0.2) is 0 Å². The zero-order valence-corrected chi connectivity index (χ0v) is 13.0. The molecular weight excluding hydrogens is 314 g/mol. The summed E-state index contributed by atoms with van der Waals surface area (Å²) in [5.74, 6) is -0.420. The van der Waals surface area contributed by atoms with Crippen molar-refractivity contribution in [3.05, 3.63) is 63.7 Å². The molecule has 2 aromatic carbocycles. The summed E-state index contributed by atoms with van der Waals surface area (Å²) in [5.41, 5.74) is 3.03. The molecule has 24 heavy (non-hydrogen) atoms. The maximum Gasteiger partial charge on any atom is 0.275 e. The Kier molecular flexibility index (Phi) is 5.10. The zero-order valence-electron chi connectivity index (χ0n) is 13.0. The lowest BCUT2D eigenvalue weighted by atomic mass is 10.1. The van der Waals surface area contributed by atoms with E-state index in [9.17, 15) is 20.0 Å². The summed E-state index contributed by atoms with van der Waals surface area (Å²) in [6, 6.07) is 10.2. The molecule has 0 aliphatic heterocycles. The van der Waals surface area contributed by atoms with Crippen molar-refractivity contribution >= 4 is 17.3 Å². The number of hydrazone groups is 1. The molecule has 0 heterocycles. The molecule has 0 saturated heterocycles. The molecule has 0 fully saturated rings. The van der Waals surface area contributed by atoms with Gasteiger partial charge in [-0.15, -0.1) is 0 Å². The van der Waals surface area contributed by atoms with E-state index in [1.54, 1.807) is 38.3 Å². The van der Waals surface area contributed by atoms with E-state index in [-0.39, 0.29) is 17.0 Å². The molecule has 0 aliphatic rings. The van der Waals surface area contributed by atoms with Gasteiger partial charge >= 0.3 is 0 Å². The Morgan fingerprint density at radius 1 is 1.25 bits per heavy atom. The number of rotatable bonds is 5. The second-order valence-corrected chi connectivity index (χ2v) is 4.83. The number of carbonyl (C=O) groups excluding carboxylic acids is 1. The molecule has 1 amide bonds. The minimum Gasteiger partial charge on any atom is -0.507 e. The van der Waals surface area contributed by atoms with Gasteiger partial charge in [0.05, 0.1) is 23.3 Å². The van der Waals surface area contributed by atoms with Crippen LogP contribution in [0.3, 0.4) is 0 Å². The lowest BCUT2D eigenvalue weighted by Crippen LogP contribution is -2.19. The highest BCUT2D eigenvalue weighted by atomic mass is 16.6. The molecule has 8 heteroatoms. The van der Waals surface area contributed by atoms with Crippen LogP contribution in [0.2, 0.25) is 0 Å². The number of nitro benzene ring substituents is 1. The smallest absolute Gasteiger partial charge is 0.275 e. The van der Waals surface area contributed by atoms with Gasteiger partial charge in [0.1, 0.15) is 11.5 Å². The molecule has 0 bridgehead atoms. The van der Waals surface area contributed by atoms with E-state index in [0.717, 1.165) is 23.8 Å². The summed E-state index contributed by atoms with van der Waals surface area (Å²) >= 11 is 0. The zero-order chi connectivity index (χ0) is 17.7. The molecule has 0 radical (unpaired) electrons. The topological polar surface area (TPSA) is 114 Å². The Bertz CT molecular complexity index is 800. The molecule has 2 N–H and O–H groups in total. The van der Waals surface area contributed by atoms with E-state index in [4.69, 9.17) is 4.74 Å². The normalized spacial score (nSPS) is 11.0. The largest absolute Gasteiger partial charge is 0.507 e. The van der Waals surface area contributed by atoms with Crippen molar-refractivity contribution in [2.45, 2.75) is 6.92 Å².